The average Bonchev–Trinajstić information content (AvgIpc) is 3.16. The van der Waals surface area contributed by atoms with Crippen molar-refractivity contribution in [3.05, 3.63) is 94.5 Å². The largest absolute Gasteiger partial charge is 0.452 e. The number of ether oxygens (including phenoxy) is 1. The number of carbonyl (C=O) groups excluding carboxylic acids is 1. The molecule has 2 aromatic heterocycles. The molecular weight excluding hydrogens is 445 g/mol. The van der Waals surface area contributed by atoms with Crippen LogP contribution in [0.4, 0.5) is 13.2 Å². The Hall–Kier alpha value is -3.65. The van der Waals surface area contributed by atoms with Crippen LogP contribution < -0.4 is 0 Å². The summed E-state index contributed by atoms with van der Waals surface area (Å²) in [7, 11) is 0. The highest BCUT2D eigenvalue weighted by Crippen LogP contribution is 2.42. The second-order valence-corrected chi connectivity index (χ2v) is 7.23. The molecule has 0 bridgehead atoms. The maximum absolute atomic E-state index is 14.8. The Morgan fingerprint density at radius 3 is 2.47 bits per heavy atom. The number of rotatable bonds is 5. The normalized spacial score (nSPS) is 11.9. The van der Waals surface area contributed by atoms with Gasteiger partial charge in [0.25, 0.3) is 0 Å². The van der Waals surface area contributed by atoms with Crippen LogP contribution in [0.25, 0.3) is 22.6 Å². The van der Waals surface area contributed by atoms with E-state index in [0.29, 0.717) is 11.6 Å². The van der Waals surface area contributed by atoms with Gasteiger partial charge >= 0.3 is 5.97 Å². The van der Waals surface area contributed by atoms with Gasteiger partial charge < -0.3 is 9.26 Å². The summed E-state index contributed by atoms with van der Waals surface area (Å²) in [5, 5.41) is 4.10. The van der Waals surface area contributed by atoms with Crippen LogP contribution in [0.5, 0.6) is 0 Å². The summed E-state index contributed by atoms with van der Waals surface area (Å²) in [6, 6.07) is 10.0. The van der Waals surface area contributed by atoms with Gasteiger partial charge in [-0.1, -0.05) is 22.8 Å². The molecule has 1 unspecified atom stereocenters. The molecule has 0 fully saturated rings. The van der Waals surface area contributed by atoms with Gasteiger partial charge in [0.15, 0.2) is 11.9 Å². The van der Waals surface area contributed by atoms with Gasteiger partial charge in [-0.2, -0.15) is 0 Å². The predicted octanol–water partition coefficient (Wildman–Crippen LogP) is 6.13. The molecule has 9 heteroatoms. The Bertz CT molecular complexity index is 1230. The second-order valence-electron chi connectivity index (χ2n) is 6.80. The lowest BCUT2D eigenvalue weighted by atomic mass is 9.94. The van der Waals surface area contributed by atoms with E-state index in [1.54, 1.807) is 12.1 Å². The summed E-state index contributed by atoms with van der Waals surface area (Å²) in [4.78, 5) is 16.0. The molecular formula is C23H14ClF3N2O3. The first-order valence-electron chi connectivity index (χ1n) is 9.32. The molecule has 0 spiro atoms. The average molecular weight is 459 g/mol. The van der Waals surface area contributed by atoms with E-state index in [1.165, 1.54) is 31.5 Å². The van der Waals surface area contributed by atoms with E-state index in [2.05, 4.69) is 10.1 Å². The van der Waals surface area contributed by atoms with E-state index < -0.39 is 29.5 Å². The van der Waals surface area contributed by atoms with Crippen molar-refractivity contribution in [1.29, 1.82) is 0 Å². The highest BCUT2D eigenvalue weighted by atomic mass is 35.5. The fraction of sp³-hybridized carbons (Fsp3) is 0.0870. The molecule has 0 aliphatic carbocycles. The van der Waals surface area contributed by atoms with Crippen molar-refractivity contribution in [1.82, 2.24) is 10.1 Å². The Balaban J connectivity index is 2.02. The number of pyridine rings is 1. The number of carbonyl (C=O) groups is 1. The summed E-state index contributed by atoms with van der Waals surface area (Å²) < 4.78 is 53.8. The number of aromatic nitrogens is 2. The highest BCUT2D eigenvalue weighted by molar-refractivity contribution is 6.30. The van der Waals surface area contributed by atoms with Gasteiger partial charge in [-0.25, -0.2) is 13.2 Å². The van der Waals surface area contributed by atoms with Crippen LogP contribution in [0.15, 0.2) is 65.4 Å². The van der Waals surface area contributed by atoms with E-state index >= 15 is 0 Å². The molecule has 0 aliphatic rings. The Labute approximate surface area is 185 Å². The maximum atomic E-state index is 14.8. The van der Waals surface area contributed by atoms with Gasteiger partial charge in [-0.15, -0.1) is 0 Å². The minimum absolute atomic E-state index is 0.0111. The zero-order valence-electron chi connectivity index (χ0n) is 16.5. The van der Waals surface area contributed by atoms with Crippen LogP contribution in [-0.2, 0) is 9.53 Å². The lowest BCUT2D eigenvalue weighted by Crippen LogP contribution is -2.12. The zero-order chi connectivity index (χ0) is 22.8. The number of esters is 1. The molecule has 2 heterocycles. The van der Waals surface area contributed by atoms with Gasteiger partial charge in [0.1, 0.15) is 23.1 Å². The van der Waals surface area contributed by atoms with Gasteiger partial charge in [0, 0.05) is 41.5 Å². The maximum Gasteiger partial charge on any atom is 0.303 e. The van der Waals surface area contributed by atoms with E-state index in [0.717, 1.165) is 18.2 Å². The monoisotopic (exact) mass is 458 g/mol. The summed E-state index contributed by atoms with van der Waals surface area (Å²) in [6.07, 6.45) is 1.78. The van der Waals surface area contributed by atoms with Crippen molar-refractivity contribution < 1.29 is 27.2 Å². The lowest BCUT2D eigenvalue weighted by Gasteiger charge is -2.18. The molecule has 4 aromatic rings. The summed E-state index contributed by atoms with van der Waals surface area (Å²) in [6.45, 7) is 1.19. The van der Waals surface area contributed by atoms with Crippen LogP contribution >= 0.6 is 11.6 Å². The minimum Gasteiger partial charge on any atom is -0.452 e. The molecule has 0 amide bonds. The molecule has 4 rings (SSSR count). The predicted molar refractivity (Wildman–Crippen MR) is 110 cm³/mol. The van der Waals surface area contributed by atoms with Crippen molar-refractivity contribution in [3.63, 3.8) is 0 Å². The van der Waals surface area contributed by atoms with Crippen molar-refractivity contribution in [3.8, 4) is 22.6 Å². The molecule has 2 aromatic carbocycles. The standard InChI is InChI=1S/C23H14ClF3N2O3/c1-12(30)31-22(13-3-2-8-28-11-13)20-21(16-6-4-14(24)9-18(16)26)29-32-23(20)17-7-5-15(25)10-19(17)27/h2-11,22H,1H3. The fourth-order valence-corrected chi connectivity index (χ4v) is 3.43. The SMILES string of the molecule is CC(=O)OC(c1cccnc1)c1c(-c2ccc(Cl)cc2F)noc1-c1ccc(F)cc1F. The van der Waals surface area contributed by atoms with Crippen molar-refractivity contribution in [2.45, 2.75) is 13.0 Å². The quantitative estimate of drug-likeness (QED) is 0.337. The van der Waals surface area contributed by atoms with Gasteiger partial charge in [0.2, 0.25) is 0 Å². The molecule has 5 nitrogen and oxygen atoms in total. The number of hydrogen-bond donors (Lipinski definition) is 0. The molecule has 0 saturated carbocycles. The van der Waals surface area contributed by atoms with E-state index in [9.17, 15) is 18.0 Å². The van der Waals surface area contributed by atoms with Crippen molar-refractivity contribution in [2.75, 3.05) is 0 Å². The summed E-state index contributed by atoms with van der Waals surface area (Å²) in [5.41, 5.74) is 0.289. The molecule has 162 valence electrons. The Morgan fingerprint density at radius 1 is 1.06 bits per heavy atom. The third kappa shape index (κ3) is 4.22. The van der Waals surface area contributed by atoms with Crippen molar-refractivity contribution in [2.24, 2.45) is 0 Å². The fourth-order valence-electron chi connectivity index (χ4n) is 3.27. The third-order valence-corrected chi connectivity index (χ3v) is 4.86. The smallest absolute Gasteiger partial charge is 0.303 e. The molecule has 0 radical (unpaired) electrons. The first-order chi connectivity index (χ1) is 15.3. The first-order valence-corrected chi connectivity index (χ1v) is 9.70. The number of hydrogen-bond acceptors (Lipinski definition) is 5. The van der Waals surface area contributed by atoms with Crippen molar-refractivity contribution >= 4 is 17.6 Å². The summed E-state index contributed by atoms with van der Waals surface area (Å²) >= 11 is 5.86. The van der Waals surface area contributed by atoms with Crippen LogP contribution in [0, 0.1) is 17.5 Å². The van der Waals surface area contributed by atoms with Gasteiger partial charge in [-0.3, -0.25) is 9.78 Å². The van der Waals surface area contributed by atoms with E-state index in [-0.39, 0.29) is 33.2 Å². The molecule has 0 N–H and O–H groups in total. The number of halogens is 4. The van der Waals surface area contributed by atoms with E-state index in [4.69, 9.17) is 20.9 Å². The lowest BCUT2D eigenvalue weighted by molar-refractivity contribution is -0.144. The molecule has 32 heavy (non-hydrogen) atoms. The van der Waals surface area contributed by atoms with E-state index in [1.807, 2.05) is 0 Å². The molecule has 0 saturated heterocycles. The Kier molecular flexibility index (Phi) is 5.96. The van der Waals surface area contributed by atoms with Crippen LogP contribution in [0.3, 0.4) is 0 Å². The topological polar surface area (TPSA) is 65.2 Å². The summed E-state index contributed by atoms with van der Waals surface area (Å²) in [5.74, 6) is -3.25. The van der Waals surface area contributed by atoms with Crippen LogP contribution in [-0.4, -0.2) is 16.1 Å². The third-order valence-electron chi connectivity index (χ3n) is 4.62. The van der Waals surface area contributed by atoms with Gasteiger partial charge in [0.05, 0.1) is 11.1 Å². The Morgan fingerprint density at radius 2 is 1.81 bits per heavy atom. The van der Waals surface area contributed by atoms with Gasteiger partial charge in [-0.05, 0) is 36.4 Å². The number of nitrogens with zero attached hydrogens (tertiary/aromatic N) is 2. The van der Waals surface area contributed by atoms with Crippen LogP contribution in [0.1, 0.15) is 24.2 Å². The zero-order valence-corrected chi connectivity index (χ0v) is 17.2. The molecule has 0 aliphatic heterocycles. The highest BCUT2D eigenvalue weighted by Gasteiger charge is 2.32. The second kappa shape index (κ2) is 8.84. The minimum atomic E-state index is -1.17. The van der Waals surface area contributed by atoms with Crippen LogP contribution in [0.2, 0.25) is 5.02 Å². The first kappa shape index (κ1) is 21.6. The number of benzene rings is 2. The molecule has 1 atom stereocenters.